The van der Waals surface area contributed by atoms with Crippen LogP contribution in [0.1, 0.15) is 40.8 Å². The van der Waals surface area contributed by atoms with E-state index in [1.54, 1.807) is 0 Å². The first-order valence-electron chi connectivity index (χ1n) is 8.97. The number of rotatable bonds is 2. The second kappa shape index (κ2) is 4.94. The van der Waals surface area contributed by atoms with E-state index in [2.05, 4.69) is 48.5 Å². The lowest BCUT2D eigenvalue weighted by Gasteiger charge is -2.10. The summed E-state index contributed by atoms with van der Waals surface area (Å²) in [6, 6.07) is 17.3. The van der Waals surface area contributed by atoms with Crippen molar-refractivity contribution < 1.29 is 9.47 Å². The number of aliphatic imine (C=N–C) groups is 2. The first-order chi connectivity index (χ1) is 12.3. The zero-order valence-electron chi connectivity index (χ0n) is 13.8. The number of fused-ring (bicyclic) bond motifs is 6. The van der Waals surface area contributed by atoms with E-state index >= 15 is 0 Å². The van der Waals surface area contributed by atoms with Gasteiger partial charge in [0.1, 0.15) is 24.3 Å². The van der Waals surface area contributed by atoms with E-state index in [4.69, 9.17) is 19.5 Å². The second-order valence-corrected chi connectivity index (χ2v) is 7.23. The van der Waals surface area contributed by atoms with E-state index in [9.17, 15) is 0 Å². The topological polar surface area (TPSA) is 43.2 Å². The lowest BCUT2D eigenvalue weighted by molar-refractivity contribution is 0.192. The van der Waals surface area contributed by atoms with E-state index < -0.39 is 0 Å². The van der Waals surface area contributed by atoms with Crippen LogP contribution in [0, 0.1) is 0 Å². The molecule has 3 unspecified atom stereocenters. The molecular weight excluding hydrogens is 312 g/mol. The van der Waals surface area contributed by atoms with Crippen molar-refractivity contribution in [2.24, 2.45) is 9.98 Å². The highest BCUT2D eigenvalue weighted by Crippen LogP contribution is 2.42. The number of benzene rings is 2. The van der Waals surface area contributed by atoms with Gasteiger partial charge in [-0.3, -0.25) is 0 Å². The Bertz CT molecular complexity index is 857. The summed E-state index contributed by atoms with van der Waals surface area (Å²) in [4.78, 5) is 9.65. The van der Waals surface area contributed by atoms with Crippen LogP contribution in [0.15, 0.2) is 58.5 Å². The van der Waals surface area contributed by atoms with Crippen molar-refractivity contribution in [3.05, 3.63) is 70.8 Å². The summed E-state index contributed by atoms with van der Waals surface area (Å²) in [5.74, 6) is 1.55. The minimum atomic E-state index is 0.147. The van der Waals surface area contributed by atoms with Gasteiger partial charge in [0.15, 0.2) is 11.8 Å². The molecule has 0 spiro atoms. The van der Waals surface area contributed by atoms with Gasteiger partial charge in [-0.25, -0.2) is 9.98 Å². The van der Waals surface area contributed by atoms with Gasteiger partial charge in [0.2, 0.25) is 0 Å². The monoisotopic (exact) mass is 330 g/mol. The van der Waals surface area contributed by atoms with Crippen molar-refractivity contribution in [2.75, 3.05) is 0 Å². The Hall–Kier alpha value is -2.62. The Morgan fingerprint density at radius 1 is 0.720 bits per heavy atom. The lowest BCUT2D eigenvalue weighted by Crippen LogP contribution is -2.17. The second-order valence-electron chi connectivity index (χ2n) is 7.23. The fourth-order valence-electron chi connectivity index (χ4n) is 4.62. The Kier molecular flexibility index (Phi) is 2.70. The van der Waals surface area contributed by atoms with Crippen LogP contribution in [0.2, 0.25) is 0 Å². The van der Waals surface area contributed by atoms with Gasteiger partial charge >= 0.3 is 0 Å². The molecule has 0 aromatic heterocycles. The van der Waals surface area contributed by atoms with E-state index in [0.717, 1.165) is 24.6 Å². The average molecular weight is 330 g/mol. The van der Waals surface area contributed by atoms with Crippen LogP contribution in [0.25, 0.3) is 0 Å². The summed E-state index contributed by atoms with van der Waals surface area (Å²) in [7, 11) is 0. The summed E-state index contributed by atoms with van der Waals surface area (Å²) in [6.45, 7) is 0. The van der Waals surface area contributed by atoms with Gasteiger partial charge < -0.3 is 9.47 Å². The van der Waals surface area contributed by atoms with Gasteiger partial charge in [-0.05, 0) is 22.3 Å². The molecule has 4 aliphatic rings. The predicted molar refractivity (Wildman–Crippen MR) is 95.0 cm³/mol. The molecule has 0 N–H and O–H groups in total. The maximum absolute atomic E-state index is 6.11. The van der Waals surface area contributed by atoms with Crippen LogP contribution in [0.5, 0.6) is 0 Å². The molecule has 2 aromatic rings. The number of nitrogens with zero attached hydrogens (tertiary/aromatic N) is 2. The van der Waals surface area contributed by atoms with Crippen molar-refractivity contribution in [3.63, 3.8) is 0 Å². The Labute approximate surface area is 146 Å². The van der Waals surface area contributed by atoms with Gasteiger partial charge in [0.25, 0.3) is 0 Å². The quantitative estimate of drug-likeness (QED) is 0.845. The molecule has 2 aromatic carbocycles. The standard InChI is InChI=1S/C21H18N2O2/c1-3-7-14-12(5-1)9-16-20(14)22-18(24-16)11-19-23-21-15-8-4-2-6-13(15)10-17(21)25-19/h1-8,16-17,20-21H,9-11H2/t16?,17?,20-,21?/m1/s1. The predicted octanol–water partition coefficient (Wildman–Crippen LogP) is 3.57. The van der Waals surface area contributed by atoms with Gasteiger partial charge in [-0.15, -0.1) is 0 Å². The van der Waals surface area contributed by atoms with Gasteiger partial charge in [0, 0.05) is 12.8 Å². The number of ether oxygens (including phenoxy) is 2. The molecule has 0 fully saturated rings. The largest absolute Gasteiger partial charge is 0.474 e. The highest BCUT2D eigenvalue weighted by atomic mass is 16.5. The summed E-state index contributed by atoms with van der Waals surface area (Å²) in [5.41, 5.74) is 5.34. The van der Waals surface area contributed by atoms with E-state index in [1.807, 2.05) is 0 Å². The molecule has 0 radical (unpaired) electrons. The normalized spacial score (nSPS) is 30.6. The molecule has 2 aliphatic heterocycles. The Morgan fingerprint density at radius 2 is 1.20 bits per heavy atom. The van der Waals surface area contributed by atoms with Crippen LogP contribution >= 0.6 is 0 Å². The summed E-state index contributed by atoms with van der Waals surface area (Å²) in [5, 5.41) is 0. The maximum Gasteiger partial charge on any atom is 0.193 e. The van der Waals surface area contributed by atoms with Crippen LogP contribution in [0.3, 0.4) is 0 Å². The van der Waals surface area contributed by atoms with E-state index in [0.29, 0.717) is 6.42 Å². The van der Waals surface area contributed by atoms with Gasteiger partial charge in [0.05, 0.1) is 6.42 Å². The van der Waals surface area contributed by atoms with Crippen molar-refractivity contribution >= 4 is 11.8 Å². The maximum atomic E-state index is 6.11. The molecule has 2 aliphatic carbocycles. The minimum Gasteiger partial charge on any atom is -0.474 e. The van der Waals surface area contributed by atoms with Crippen LogP contribution in [-0.2, 0) is 22.3 Å². The zero-order valence-corrected chi connectivity index (χ0v) is 13.8. The van der Waals surface area contributed by atoms with Crippen molar-refractivity contribution in [1.82, 2.24) is 0 Å². The summed E-state index contributed by atoms with van der Waals surface area (Å²) in [6.07, 6.45) is 2.76. The smallest absolute Gasteiger partial charge is 0.193 e. The first-order valence-corrected chi connectivity index (χ1v) is 8.97. The minimum absolute atomic E-state index is 0.147. The third-order valence-electron chi connectivity index (χ3n) is 5.74. The van der Waals surface area contributed by atoms with E-state index in [-0.39, 0.29) is 24.3 Å². The van der Waals surface area contributed by atoms with Crippen LogP contribution < -0.4 is 0 Å². The lowest BCUT2D eigenvalue weighted by atomic mass is 10.1. The molecule has 2 heterocycles. The SMILES string of the molecule is c1ccc2c(c1)CC1OC(CC3=N[C@@H]4c5ccccc5CC4O3)=NC21. The van der Waals surface area contributed by atoms with Crippen molar-refractivity contribution in [1.29, 1.82) is 0 Å². The number of hydrogen-bond donors (Lipinski definition) is 0. The average Bonchev–Trinajstić information content (AvgIpc) is 3.33. The summed E-state index contributed by atoms with van der Waals surface area (Å²) < 4.78 is 12.2. The molecule has 4 nitrogen and oxygen atoms in total. The van der Waals surface area contributed by atoms with Crippen molar-refractivity contribution in [3.8, 4) is 0 Å². The molecule has 0 saturated heterocycles. The van der Waals surface area contributed by atoms with Crippen molar-refractivity contribution in [2.45, 2.75) is 43.6 Å². The van der Waals surface area contributed by atoms with Gasteiger partial charge in [-0.2, -0.15) is 0 Å². The third kappa shape index (κ3) is 2.00. The molecule has 0 saturated carbocycles. The fraction of sp³-hybridized carbons (Fsp3) is 0.333. The summed E-state index contributed by atoms with van der Waals surface area (Å²) >= 11 is 0. The highest BCUT2D eigenvalue weighted by molar-refractivity contribution is 5.98. The molecular formula is C21H18N2O2. The Balaban J connectivity index is 1.23. The molecule has 4 heteroatoms. The zero-order chi connectivity index (χ0) is 16.4. The molecule has 4 atom stereocenters. The molecule has 124 valence electrons. The van der Waals surface area contributed by atoms with Crippen LogP contribution in [0.4, 0.5) is 0 Å². The fourth-order valence-corrected chi connectivity index (χ4v) is 4.62. The Morgan fingerprint density at radius 3 is 1.72 bits per heavy atom. The van der Waals surface area contributed by atoms with Crippen LogP contribution in [-0.4, -0.2) is 24.0 Å². The molecule has 0 amide bonds. The first kappa shape index (κ1) is 13.6. The third-order valence-corrected chi connectivity index (χ3v) is 5.74. The number of hydrogen-bond acceptors (Lipinski definition) is 4. The van der Waals surface area contributed by atoms with E-state index in [1.165, 1.54) is 22.3 Å². The molecule has 6 rings (SSSR count). The van der Waals surface area contributed by atoms with Gasteiger partial charge in [-0.1, -0.05) is 48.5 Å². The highest BCUT2D eigenvalue weighted by Gasteiger charge is 2.42. The molecule has 0 bridgehead atoms. The molecule has 25 heavy (non-hydrogen) atoms.